The third-order valence-electron chi connectivity index (χ3n) is 5.61. The number of rotatable bonds is 4. The van der Waals surface area contributed by atoms with Gasteiger partial charge in [-0.15, -0.1) is 10.2 Å². The lowest BCUT2D eigenvalue weighted by molar-refractivity contribution is 0.430. The van der Waals surface area contributed by atoms with Crippen LogP contribution in [0.3, 0.4) is 0 Å². The third kappa shape index (κ3) is 3.99. The van der Waals surface area contributed by atoms with Crippen LogP contribution < -0.4 is 9.80 Å². The summed E-state index contributed by atoms with van der Waals surface area (Å²) in [6.07, 6.45) is 0. The first-order valence-corrected chi connectivity index (χ1v) is 10.5. The van der Waals surface area contributed by atoms with Crippen LogP contribution in [-0.4, -0.2) is 46.0 Å². The average Bonchev–Trinajstić information content (AvgIpc) is 3.30. The molecule has 1 aliphatic heterocycles. The van der Waals surface area contributed by atoms with Crippen LogP contribution in [0.4, 0.5) is 11.5 Å². The first-order valence-electron chi connectivity index (χ1n) is 10.5. The topological polar surface area (TPSA) is 71.2 Å². The Kier molecular flexibility index (Phi) is 5.08. The molecule has 0 unspecified atom stereocenters. The van der Waals surface area contributed by atoms with Gasteiger partial charge in [-0.05, 0) is 43.7 Å². The van der Waals surface area contributed by atoms with E-state index in [0.29, 0.717) is 23.5 Å². The summed E-state index contributed by atoms with van der Waals surface area (Å²) in [6, 6.07) is 22.7. The van der Waals surface area contributed by atoms with Crippen molar-refractivity contribution in [2.24, 2.45) is 0 Å². The highest BCUT2D eigenvalue weighted by molar-refractivity contribution is 5.58. The van der Waals surface area contributed by atoms with E-state index in [1.54, 1.807) is 0 Å². The summed E-state index contributed by atoms with van der Waals surface area (Å²) in [7, 11) is 0. The fourth-order valence-electron chi connectivity index (χ4n) is 4.00. The molecule has 2 aromatic carbocycles. The Morgan fingerprint density at radius 3 is 2.55 bits per heavy atom. The molecule has 156 valence electrons. The van der Waals surface area contributed by atoms with Crippen molar-refractivity contribution in [1.29, 1.82) is 0 Å². The van der Waals surface area contributed by atoms with Crippen LogP contribution in [-0.2, 0) is 0 Å². The fourth-order valence-corrected chi connectivity index (χ4v) is 4.00. The highest BCUT2D eigenvalue weighted by atomic mass is 16.5. The average molecular weight is 412 g/mol. The summed E-state index contributed by atoms with van der Waals surface area (Å²) in [5, 5.41) is 12.8. The summed E-state index contributed by atoms with van der Waals surface area (Å²) in [6.45, 7) is 7.11. The van der Waals surface area contributed by atoms with Gasteiger partial charge < -0.3 is 14.3 Å². The molecule has 0 bridgehead atoms. The number of benzene rings is 2. The Bertz CT molecular complexity index is 1160. The second-order valence-corrected chi connectivity index (χ2v) is 7.89. The molecule has 0 spiro atoms. The number of piperazine rings is 1. The molecule has 0 radical (unpaired) electrons. The maximum Gasteiger partial charge on any atom is 0.278 e. The Balaban J connectivity index is 1.28. The predicted molar refractivity (Wildman–Crippen MR) is 121 cm³/mol. The van der Waals surface area contributed by atoms with Crippen molar-refractivity contribution in [1.82, 2.24) is 20.3 Å². The Morgan fingerprint density at radius 2 is 1.81 bits per heavy atom. The zero-order chi connectivity index (χ0) is 21.2. The van der Waals surface area contributed by atoms with Crippen molar-refractivity contribution in [3.8, 4) is 23.0 Å². The molecule has 1 atom stereocenters. The van der Waals surface area contributed by atoms with Gasteiger partial charge in [-0.2, -0.15) is 4.98 Å². The quantitative estimate of drug-likeness (QED) is 0.497. The van der Waals surface area contributed by atoms with Gasteiger partial charge in [-0.25, -0.2) is 0 Å². The fraction of sp³-hybridized carbons (Fsp3) is 0.250. The first-order chi connectivity index (χ1) is 15.2. The van der Waals surface area contributed by atoms with E-state index >= 15 is 0 Å². The van der Waals surface area contributed by atoms with Crippen LogP contribution in [0.2, 0.25) is 0 Å². The number of aromatic nitrogens is 4. The summed E-state index contributed by atoms with van der Waals surface area (Å²) in [5.74, 6) is 1.78. The van der Waals surface area contributed by atoms with Gasteiger partial charge in [0, 0.05) is 36.9 Å². The van der Waals surface area contributed by atoms with Crippen LogP contribution in [0.1, 0.15) is 12.5 Å². The second kappa shape index (κ2) is 8.18. The molecule has 5 rings (SSSR count). The Morgan fingerprint density at radius 1 is 0.935 bits per heavy atom. The van der Waals surface area contributed by atoms with Crippen molar-refractivity contribution in [3.05, 3.63) is 72.3 Å². The van der Waals surface area contributed by atoms with E-state index < -0.39 is 0 Å². The molecule has 0 aliphatic carbocycles. The standard InChI is InChI=1S/C24H24N6O/c1-17-7-6-10-20(15-17)30-14-13-29(16-18(30)2)22-12-11-21(26-27-22)24-25-23(28-31-24)19-8-4-3-5-9-19/h3-12,15,18H,13-14,16H2,1-2H3/t18-/m1/s1. The number of hydrogen-bond acceptors (Lipinski definition) is 7. The van der Waals surface area contributed by atoms with Crippen LogP contribution >= 0.6 is 0 Å². The van der Waals surface area contributed by atoms with Crippen molar-refractivity contribution in [2.45, 2.75) is 19.9 Å². The number of anilines is 2. The second-order valence-electron chi connectivity index (χ2n) is 7.89. The molecule has 0 saturated carbocycles. The molecular formula is C24H24N6O. The normalized spacial score (nSPS) is 16.5. The number of hydrogen-bond donors (Lipinski definition) is 0. The molecule has 0 N–H and O–H groups in total. The van der Waals surface area contributed by atoms with E-state index in [9.17, 15) is 0 Å². The molecule has 7 heteroatoms. The molecule has 4 aromatic rings. The summed E-state index contributed by atoms with van der Waals surface area (Å²) in [4.78, 5) is 9.18. The van der Waals surface area contributed by atoms with Crippen molar-refractivity contribution < 1.29 is 4.52 Å². The van der Waals surface area contributed by atoms with Gasteiger partial charge in [0.15, 0.2) is 11.5 Å². The minimum absolute atomic E-state index is 0.371. The molecule has 31 heavy (non-hydrogen) atoms. The van der Waals surface area contributed by atoms with Gasteiger partial charge in [0.2, 0.25) is 5.82 Å². The van der Waals surface area contributed by atoms with E-state index in [-0.39, 0.29) is 0 Å². The summed E-state index contributed by atoms with van der Waals surface area (Å²) < 4.78 is 5.40. The maximum atomic E-state index is 5.40. The minimum Gasteiger partial charge on any atom is -0.365 e. The van der Waals surface area contributed by atoms with Crippen LogP contribution in [0.15, 0.2) is 71.3 Å². The zero-order valence-electron chi connectivity index (χ0n) is 17.6. The van der Waals surface area contributed by atoms with Gasteiger partial charge in [0.05, 0.1) is 0 Å². The van der Waals surface area contributed by atoms with Crippen LogP contribution in [0, 0.1) is 6.92 Å². The lowest BCUT2D eigenvalue weighted by atomic mass is 10.1. The smallest absolute Gasteiger partial charge is 0.278 e. The molecule has 3 heterocycles. The van der Waals surface area contributed by atoms with E-state index in [0.717, 1.165) is 31.0 Å². The van der Waals surface area contributed by atoms with E-state index in [1.165, 1.54) is 11.3 Å². The first kappa shape index (κ1) is 19.2. The van der Waals surface area contributed by atoms with Crippen molar-refractivity contribution in [3.63, 3.8) is 0 Å². The minimum atomic E-state index is 0.371. The third-order valence-corrected chi connectivity index (χ3v) is 5.61. The van der Waals surface area contributed by atoms with Gasteiger partial charge in [0.1, 0.15) is 0 Å². The Labute approximate surface area is 181 Å². The number of nitrogens with zero attached hydrogens (tertiary/aromatic N) is 6. The molecule has 1 fully saturated rings. The van der Waals surface area contributed by atoms with Gasteiger partial charge in [-0.3, -0.25) is 0 Å². The van der Waals surface area contributed by atoms with Crippen molar-refractivity contribution >= 4 is 11.5 Å². The zero-order valence-corrected chi connectivity index (χ0v) is 17.6. The van der Waals surface area contributed by atoms with Gasteiger partial charge in [-0.1, -0.05) is 47.6 Å². The van der Waals surface area contributed by atoms with E-state index in [4.69, 9.17) is 4.52 Å². The van der Waals surface area contributed by atoms with Gasteiger partial charge in [0.25, 0.3) is 5.89 Å². The highest BCUT2D eigenvalue weighted by Crippen LogP contribution is 2.25. The lowest BCUT2D eigenvalue weighted by Gasteiger charge is -2.41. The largest absolute Gasteiger partial charge is 0.365 e. The molecule has 7 nitrogen and oxygen atoms in total. The number of aryl methyl sites for hydroxylation is 1. The molecule has 1 aliphatic rings. The molecule has 0 amide bonds. The molecular weight excluding hydrogens is 388 g/mol. The van der Waals surface area contributed by atoms with Crippen LogP contribution in [0.5, 0.6) is 0 Å². The summed E-state index contributed by atoms with van der Waals surface area (Å²) >= 11 is 0. The summed E-state index contributed by atoms with van der Waals surface area (Å²) in [5.41, 5.74) is 4.04. The Hall–Kier alpha value is -3.74. The van der Waals surface area contributed by atoms with Crippen LogP contribution in [0.25, 0.3) is 23.0 Å². The molecule has 1 saturated heterocycles. The van der Waals surface area contributed by atoms with E-state index in [1.807, 2.05) is 42.5 Å². The lowest BCUT2D eigenvalue weighted by Crippen LogP contribution is -2.52. The monoisotopic (exact) mass is 412 g/mol. The molecule has 2 aromatic heterocycles. The van der Waals surface area contributed by atoms with Gasteiger partial charge >= 0.3 is 0 Å². The predicted octanol–water partition coefficient (Wildman–Crippen LogP) is 4.22. The van der Waals surface area contributed by atoms with Crippen molar-refractivity contribution in [2.75, 3.05) is 29.4 Å². The maximum absolute atomic E-state index is 5.40. The highest BCUT2D eigenvalue weighted by Gasteiger charge is 2.25. The SMILES string of the molecule is Cc1cccc(N2CCN(c3ccc(-c4nc(-c5ccccc5)no4)nn3)C[C@H]2C)c1. The van der Waals surface area contributed by atoms with E-state index in [2.05, 4.69) is 68.3 Å².